The molecule has 0 spiro atoms. The Bertz CT molecular complexity index is 539. The molecule has 0 saturated carbocycles. The van der Waals surface area contributed by atoms with E-state index in [2.05, 4.69) is 34.2 Å². The van der Waals surface area contributed by atoms with Crippen molar-refractivity contribution in [3.8, 4) is 5.75 Å². The number of ether oxygens (including phenoxy) is 1. The van der Waals surface area contributed by atoms with Crippen molar-refractivity contribution >= 4 is 15.9 Å². The molecule has 1 atom stereocenters. The van der Waals surface area contributed by atoms with Gasteiger partial charge in [0.25, 0.3) is 0 Å². The average Bonchev–Trinajstić information content (AvgIpc) is 2.88. The molecule has 0 amide bonds. The van der Waals surface area contributed by atoms with Crippen molar-refractivity contribution in [3.63, 3.8) is 0 Å². The summed E-state index contributed by atoms with van der Waals surface area (Å²) in [5.41, 5.74) is 1.10. The molecule has 0 bridgehead atoms. The summed E-state index contributed by atoms with van der Waals surface area (Å²) >= 11 is 3.55. The maximum Gasteiger partial charge on any atom is 0.139 e. The molecule has 3 nitrogen and oxygen atoms in total. The second-order valence-electron chi connectivity index (χ2n) is 4.49. The molecule has 108 valence electrons. The monoisotopic (exact) mass is 337 g/mol. The minimum Gasteiger partial charge on any atom is -0.494 e. The lowest BCUT2D eigenvalue weighted by Crippen LogP contribution is -2.23. The van der Waals surface area contributed by atoms with E-state index in [9.17, 15) is 0 Å². The van der Waals surface area contributed by atoms with E-state index in [1.807, 2.05) is 31.2 Å². The Kier molecular flexibility index (Phi) is 5.68. The average molecular weight is 338 g/mol. The van der Waals surface area contributed by atoms with Crippen LogP contribution in [-0.4, -0.2) is 13.2 Å². The second-order valence-corrected chi connectivity index (χ2v) is 5.35. The number of hydrogen-bond donors (Lipinski definition) is 1. The number of rotatable bonds is 7. The van der Waals surface area contributed by atoms with Gasteiger partial charge in [-0.15, -0.1) is 0 Å². The van der Waals surface area contributed by atoms with Crippen LogP contribution in [0.1, 0.15) is 37.6 Å². The Labute approximate surface area is 128 Å². The van der Waals surface area contributed by atoms with Crippen molar-refractivity contribution < 1.29 is 9.15 Å². The van der Waals surface area contributed by atoms with Crippen LogP contribution in [0.4, 0.5) is 0 Å². The molecule has 1 N–H and O–H groups in total. The van der Waals surface area contributed by atoms with Crippen LogP contribution < -0.4 is 10.1 Å². The number of para-hydroxylation sites is 1. The summed E-state index contributed by atoms with van der Waals surface area (Å²) in [6, 6.07) is 9.99. The minimum absolute atomic E-state index is 0.0120. The topological polar surface area (TPSA) is 34.4 Å². The van der Waals surface area contributed by atoms with E-state index in [0.717, 1.165) is 34.5 Å². The zero-order valence-corrected chi connectivity index (χ0v) is 13.4. The van der Waals surface area contributed by atoms with Crippen LogP contribution in [0.25, 0.3) is 0 Å². The van der Waals surface area contributed by atoms with Gasteiger partial charge in [-0.3, -0.25) is 0 Å². The number of benzene rings is 1. The Morgan fingerprint density at radius 3 is 2.70 bits per heavy atom. The Morgan fingerprint density at radius 1 is 1.25 bits per heavy atom. The van der Waals surface area contributed by atoms with E-state index in [1.54, 1.807) is 6.26 Å². The molecule has 0 aliphatic heterocycles. The third-order valence-electron chi connectivity index (χ3n) is 3.04. The fraction of sp³-hybridized carbons (Fsp3) is 0.375. The summed E-state index contributed by atoms with van der Waals surface area (Å²) in [5.74, 6) is 1.78. The first-order valence-corrected chi connectivity index (χ1v) is 7.75. The summed E-state index contributed by atoms with van der Waals surface area (Å²) in [7, 11) is 0. The smallest absolute Gasteiger partial charge is 0.139 e. The van der Waals surface area contributed by atoms with Gasteiger partial charge in [-0.05, 0) is 48.0 Å². The molecule has 1 aromatic heterocycles. The third-order valence-corrected chi connectivity index (χ3v) is 3.69. The van der Waals surface area contributed by atoms with E-state index in [1.165, 1.54) is 0 Å². The van der Waals surface area contributed by atoms with Crippen LogP contribution in [0, 0.1) is 0 Å². The molecule has 0 aliphatic carbocycles. The fourth-order valence-corrected chi connectivity index (χ4v) is 2.58. The predicted octanol–water partition coefficient (Wildman–Crippen LogP) is 4.53. The number of nitrogens with one attached hydrogen (secondary N) is 1. The van der Waals surface area contributed by atoms with Crippen LogP contribution in [0.3, 0.4) is 0 Å². The number of halogens is 1. The molecule has 1 aromatic carbocycles. The minimum atomic E-state index is -0.0120. The predicted molar refractivity (Wildman–Crippen MR) is 84.2 cm³/mol. The molecule has 2 rings (SSSR count). The van der Waals surface area contributed by atoms with Crippen LogP contribution in [-0.2, 0) is 0 Å². The highest BCUT2D eigenvalue weighted by molar-refractivity contribution is 9.10. The third kappa shape index (κ3) is 3.44. The van der Waals surface area contributed by atoms with Gasteiger partial charge in [0.2, 0.25) is 0 Å². The van der Waals surface area contributed by atoms with Crippen molar-refractivity contribution in [3.05, 3.63) is 52.4 Å². The van der Waals surface area contributed by atoms with Crippen molar-refractivity contribution in [1.29, 1.82) is 0 Å². The zero-order chi connectivity index (χ0) is 14.4. The molecule has 0 saturated heterocycles. The molecule has 0 aliphatic rings. The second kappa shape index (κ2) is 7.50. The van der Waals surface area contributed by atoms with Crippen molar-refractivity contribution in [2.24, 2.45) is 0 Å². The quantitative estimate of drug-likeness (QED) is 0.805. The molecule has 0 fully saturated rings. The van der Waals surface area contributed by atoms with Gasteiger partial charge in [-0.1, -0.05) is 25.1 Å². The van der Waals surface area contributed by atoms with Gasteiger partial charge in [0.15, 0.2) is 0 Å². The summed E-state index contributed by atoms with van der Waals surface area (Å²) in [6.45, 7) is 5.71. The first-order chi connectivity index (χ1) is 9.77. The summed E-state index contributed by atoms with van der Waals surface area (Å²) < 4.78 is 12.4. The Balaban J connectivity index is 2.38. The van der Waals surface area contributed by atoms with Gasteiger partial charge in [0, 0.05) is 5.56 Å². The molecule has 1 heterocycles. The molecular weight excluding hydrogens is 318 g/mol. The Hall–Kier alpha value is -1.26. The van der Waals surface area contributed by atoms with Gasteiger partial charge in [-0.25, -0.2) is 0 Å². The SMILES string of the molecule is CCCNC(c1ccccc1OCC)c1occc1Br. The van der Waals surface area contributed by atoms with Crippen molar-refractivity contribution in [1.82, 2.24) is 5.32 Å². The lowest BCUT2D eigenvalue weighted by atomic mass is 10.0. The first kappa shape index (κ1) is 15.1. The molecule has 4 heteroatoms. The van der Waals surface area contributed by atoms with Crippen LogP contribution in [0.2, 0.25) is 0 Å². The highest BCUT2D eigenvalue weighted by atomic mass is 79.9. The summed E-state index contributed by atoms with van der Waals surface area (Å²) in [5, 5.41) is 3.52. The molecular formula is C16H20BrNO2. The lowest BCUT2D eigenvalue weighted by Gasteiger charge is -2.20. The molecule has 0 radical (unpaired) electrons. The molecule has 20 heavy (non-hydrogen) atoms. The fourth-order valence-electron chi connectivity index (χ4n) is 2.15. The van der Waals surface area contributed by atoms with E-state index >= 15 is 0 Å². The van der Waals surface area contributed by atoms with E-state index in [0.29, 0.717) is 6.61 Å². The van der Waals surface area contributed by atoms with Crippen molar-refractivity contribution in [2.45, 2.75) is 26.3 Å². The van der Waals surface area contributed by atoms with Gasteiger partial charge >= 0.3 is 0 Å². The summed E-state index contributed by atoms with van der Waals surface area (Å²) in [4.78, 5) is 0. The van der Waals surface area contributed by atoms with Crippen LogP contribution in [0.5, 0.6) is 5.75 Å². The standard InChI is InChI=1S/C16H20BrNO2/c1-3-10-18-15(16-13(17)9-11-20-16)12-7-5-6-8-14(12)19-4-2/h5-9,11,15,18H,3-4,10H2,1-2H3. The largest absolute Gasteiger partial charge is 0.494 e. The van der Waals surface area contributed by atoms with E-state index < -0.39 is 0 Å². The van der Waals surface area contributed by atoms with Crippen molar-refractivity contribution in [2.75, 3.05) is 13.2 Å². The number of hydrogen-bond acceptors (Lipinski definition) is 3. The Morgan fingerprint density at radius 2 is 2.05 bits per heavy atom. The van der Waals surface area contributed by atoms with Crippen LogP contribution in [0.15, 0.2) is 45.5 Å². The van der Waals surface area contributed by atoms with Gasteiger partial charge < -0.3 is 14.5 Å². The number of furan rings is 1. The highest BCUT2D eigenvalue weighted by Crippen LogP contribution is 2.34. The zero-order valence-electron chi connectivity index (χ0n) is 11.9. The van der Waals surface area contributed by atoms with Crippen LogP contribution >= 0.6 is 15.9 Å². The normalized spacial score (nSPS) is 12.3. The highest BCUT2D eigenvalue weighted by Gasteiger charge is 2.22. The molecule has 1 unspecified atom stereocenters. The van der Waals surface area contributed by atoms with Gasteiger partial charge in [-0.2, -0.15) is 0 Å². The summed E-state index contributed by atoms with van der Waals surface area (Å²) in [6.07, 6.45) is 2.76. The van der Waals surface area contributed by atoms with E-state index in [4.69, 9.17) is 9.15 Å². The first-order valence-electron chi connectivity index (χ1n) is 6.95. The van der Waals surface area contributed by atoms with E-state index in [-0.39, 0.29) is 6.04 Å². The molecule has 2 aromatic rings. The van der Waals surface area contributed by atoms with Gasteiger partial charge in [0.1, 0.15) is 11.5 Å². The van der Waals surface area contributed by atoms with Gasteiger partial charge in [0.05, 0.1) is 23.4 Å². The maximum absolute atomic E-state index is 5.74. The lowest BCUT2D eigenvalue weighted by molar-refractivity contribution is 0.330. The maximum atomic E-state index is 5.74.